The Morgan fingerprint density at radius 3 is 2.81 bits per heavy atom. The Labute approximate surface area is 130 Å². The Hall–Kier alpha value is -1.02. The van der Waals surface area contributed by atoms with Gasteiger partial charge in [-0.15, -0.1) is 0 Å². The number of aryl methyl sites for hydroxylation is 1. The van der Waals surface area contributed by atoms with Crippen molar-refractivity contribution in [3.63, 3.8) is 0 Å². The van der Waals surface area contributed by atoms with Gasteiger partial charge in [-0.25, -0.2) is 0 Å². The Morgan fingerprint density at radius 1 is 1.38 bits per heavy atom. The molecule has 0 aliphatic carbocycles. The SMILES string of the molecule is CCC(C)(CNCC(C)C)CC1Cc2cc(C)ccc2O1. The molecule has 2 rings (SSSR count). The third-order valence-corrected chi connectivity index (χ3v) is 4.64. The highest BCUT2D eigenvalue weighted by molar-refractivity contribution is 5.40. The van der Waals surface area contributed by atoms with E-state index in [1.54, 1.807) is 0 Å². The van der Waals surface area contributed by atoms with E-state index in [0.717, 1.165) is 31.7 Å². The molecule has 1 aliphatic heterocycles. The number of ether oxygens (including phenoxy) is 1. The molecule has 2 atom stereocenters. The fraction of sp³-hybridized carbons (Fsp3) is 0.684. The summed E-state index contributed by atoms with van der Waals surface area (Å²) >= 11 is 0. The minimum atomic E-state index is 0.316. The van der Waals surface area contributed by atoms with Gasteiger partial charge in [-0.05, 0) is 49.3 Å². The first-order valence-corrected chi connectivity index (χ1v) is 8.39. The zero-order chi connectivity index (χ0) is 15.5. The van der Waals surface area contributed by atoms with Crippen LogP contribution in [0.5, 0.6) is 5.75 Å². The fourth-order valence-corrected chi connectivity index (χ4v) is 3.12. The molecule has 2 unspecified atom stereocenters. The highest BCUT2D eigenvalue weighted by atomic mass is 16.5. The average molecular weight is 289 g/mol. The molecule has 0 aromatic heterocycles. The van der Waals surface area contributed by atoms with Crippen molar-refractivity contribution in [1.82, 2.24) is 5.32 Å². The van der Waals surface area contributed by atoms with Crippen molar-refractivity contribution in [1.29, 1.82) is 0 Å². The molecule has 1 N–H and O–H groups in total. The summed E-state index contributed by atoms with van der Waals surface area (Å²) < 4.78 is 6.16. The Kier molecular flexibility index (Phi) is 5.32. The third kappa shape index (κ3) is 4.47. The minimum absolute atomic E-state index is 0.316. The smallest absolute Gasteiger partial charge is 0.123 e. The predicted octanol–water partition coefficient (Wildman–Crippen LogP) is 4.35. The lowest BCUT2D eigenvalue weighted by Gasteiger charge is -2.31. The molecule has 0 bridgehead atoms. The highest BCUT2D eigenvalue weighted by Gasteiger charge is 2.31. The van der Waals surface area contributed by atoms with Crippen molar-refractivity contribution in [3.05, 3.63) is 29.3 Å². The molecule has 0 amide bonds. The summed E-state index contributed by atoms with van der Waals surface area (Å²) in [4.78, 5) is 0. The normalized spacial score (nSPS) is 20.2. The van der Waals surface area contributed by atoms with E-state index in [2.05, 4.69) is 58.1 Å². The van der Waals surface area contributed by atoms with Crippen LogP contribution in [-0.2, 0) is 6.42 Å². The number of hydrogen-bond donors (Lipinski definition) is 1. The number of fused-ring (bicyclic) bond motifs is 1. The summed E-state index contributed by atoms with van der Waals surface area (Å²) in [6.07, 6.45) is 3.72. The van der Waals surface area contributed by atoms with Gasteiger partial charge in [0.05, 0.1) is 0 Å². The second-order valence-corrected chi connectivity index (χ2v) is 7.45. The maximum Gasteiger partial charge on any atom is 0.123 e. The van der Waals surface area contributed by atoms with E-state index in [1.165, 1.54) is 17.5 Å². The van der Waals surface area contributed by atoms with Gasteiger partial charge in [-0.1, -0.05) is 45.4 Å². The molecule has 0 saturated heterocycles. The first-order chi connectivity index (χ1) is 9.92. The zero-order valence-electron chi connectivity index (χ0n) is 14.3. The second kappa shape index (κ2) is 6.83. The first-order valence-electron chi connectivity index (χ1n) is 8.39. The van der Waals surface area contributed by atoms with Gasteiger partial charge in [0.2, 0.25) is 0 Å². The van der Waals surface area contributed by atoms with Crippen LogP contribution in [0.3, 0.4) is 0 Å². The predicted molar refractivity (Wildman–Crippen MR) is 90.0 cm³/mol. The van der Waals surface area contributed by atoms with Gasteiger partial charge in [0, 0.05) is 13.0 Å². The molecule has 21 heavy (non-hydrogen) atoms. The summed E-state index contributed by atoms with van der Waals surface area (Å²) in [5, 5.41) is 3.63. The van der Waals surface area contributed by atoms with Gasteiger partial charge >= 0.3 is 0 Å². The Balaban J connectivity index is 1.91. The van der Waals surface area contributed by atoms with Gasteiger partial charge in [0.25, 0.3) is 0 Å². The average Bonchev–Trinajstić information content (AvgIpc) is 2.79. The van der Waals surface area contributed by atoms with Gasteiger partial charge in [-0.2, -0.15) is 0 Å². The second-order valence-electron chi connectivity index (χ2n) is 7.45. The summed E-state index contributed by atoms with van der Waals surface area (Å²) in [7, 11) is 0. The molecule has 0 spiro atoms. The summed E-state index contributed by atoms with van der Waals surface area (Å²) in [6, 6.07) is 6.55. The van der Waals surface area contributed by atoms with Gasteiger partial charge in [-0.3, -0.25) is 0 Å². The van der Waals surface area contributed by atoms with Crippen molar-refractivity contribution in [2.75, 3.05) is 13.1 Å². The molecule has 0 radical (unpaired) electrons. The number of nitrogens with one attached hydrogen (secondary N) is 1. The Bertz CT molecular complexity index is 469. The van der Waals surface area contributed by atoms with Crippen LogP contribution in [0.4, 0.5) is 0 Å². The van der Waals surface area contributed by atoms with Crippen molar-refractivity contribution < 1.29 is 4.74 Å². The largest absolute Gasteiger partial charge is 0.490 e. The summed E-state index contributed by atoms with van der Waals surface area (Å²) in [5.74, 6) is 1.81. The zero-order valence-corrected chi connectivity index (χ0v) is 14.3. The standard InChI is InChI=1S/C19H31NO/c1-6-19(5,13-20-12-14(2)3)11-17-10-16-9-15(4)7-8-18(16)21-17/h7-9,14,17,20H,6,10-13H2,1-5H3. The third-order valence-electron chi connectivity index (χ3n) is 4.64. The van der Waals surface area contributed by atoms with Crippen LogP contribution in [0.15, 0.2) is 18.2 Å². The van der Waals surface area contributed by atoms with E-state index in [0.29, 0.717) is 17.4 Å². The maximum absolute atomic E-state index is 6.16. The van der Waals surface area contributed by atoms with Gasteiger partial charge in [0.1, 0.15) is 11.9 Å². The summed E-state index contributed by atoms with van der Waals surface area (Å²) in [5.41, 5.74) is 3.03. The molecule has 2 nitrogen and oxygen atoms in total. The lowest BCUT2D eigenvalue weighted by Crippen LogP contribution is -2.37. The molecular formula is C19H31NO. The number of rotatable bonds is 7. The molecule has 1 aromatic carbocycles. The van der Waals surface area contributed by atoms with Crippen LogP contribution in [0, 0.1) is 18.3 Å². The van der Waals surface area contributed by atoms with E-state index < -0.39 is 0 Å². The molecule has 2 heteroatoms. The minimum Gasteiger partial charge on any atom is -0.490 e. The lowest BCUT2D eigenvalue weighted by atomic mass is 9.81. The van der Waals surface area contributed by atoms with Crippen molar-refractivity contribution in [2.24, 2.45) is 11.3 Å². The summed E-state index contributed by atoms with van der Waals surface area (Å²) in [6.45, 7) is 13.5. The molecular weight excluding hydrogens is 258 g/mol. The maximum atomic E-state index is 6.16. The van der Waals surface area contributed by atoms with Crippen molar-refractivity contribution >= 4 is 0 Å². The quantitative estimate of drug-likeness (QED) is 0.805. The van der Waals surface area contributed by atoms with Crippen LogP contribution in [-0.4, -0.2) is 19.2 Å². The lowest BCUT2D eigenvalue weighted by molar-refractivity contribution is 0.139. The number of benzene rings is 1. The van der Waals surface area contributed by atoms with Crippen LogP contribution in [0.25, 0.3) is 0 Å². The van der Waals surface area contributed by atoms with Crippen LogP contribution in [0.2, 0.25) is 0 Å². The van der Waals surface area contributed by atoms with E-state index in [9.17, 15) is 0 Å². The first kappa shape index (κ1) is 16.4. The number of hydrogen-bond acceptors (Lipinski definition) is 2. The van der Waals surface area contributed by atoms with Crippen LogP contribution >= 0.6 is 0 Å². The molecule has 0 saturated carbocycles. The monoisotopic (exact) mass is 289 g/mol. The van der Waals surface area contributed by atoms with Gasteiger partial charge < -0.3 is 10.1 Å². The molecule has 0 fully saturated rings. The molecule has 1 aromatic rings. The topological polar surface area (TPSA) is 21.3 Å². The molecule has 118 valence electrons. The van der Waals surface area contributed by atoms with E-state index in [-0.39, 0.29) is 0 Å². The molecule has 1 aliphatic rings. The highest BCUT2D eigenvalue weighted by Crippen LogP contribution is 2.36. The van der Waals surface area contributed by atoms with E-state index in [1.807, 2.05) is 0 Å². The van der Waals surface area contributed by atoms with E-state index in [4.69, 9.17) is 4.74 Å². The molecule has 1 heterocycles. The fourth-order valence-electron chi connectivity index (χ4n) is 3.12. The van der Waals surface area contributed by atoms with Crippen molar-refractivity contribution in [2.45, 2.75) is 60.0 Å². The van der Waals surface area contributed by atoms with Crippen molar-refractivity contribution in [3.8, 4) is 5.75 Å². The van der Waals surface area contributed by atoms with Gasteiger partial charge in [0.15, 0.2) is 0 Å². The Morgan fingerprint density at radius 2 is 2.14 bits per heavy atom. The van der Waals surface area contributed by atoms with Crippen LogP contribution in [0.1, 0.15) is 51.7 Å². The van der Waals surface area contributed by atoms with E-state index >= 15 is 0 Å². The van der Waals surface area contributed by atoms with Crippen LogP contribution < -0.4 is 10.1 Å².